The van der Waals surface area contributed by atoms with E-state index in [0.717, 1.165) is 32.4 Å². The highest BCUT2D eigenvalue weighted by Crippen LogP contribution is 2.23. The summed E-state index contributed by atoms with van der Waals surface area (Å²) in [5.41, 5.74) is 7.62. The summed E-state index contributed by atoms with van der Waals surface area (Å²) in [5, 5.41) is 0. The molecular weight excluding hydrogens is 266 g/mol. The Morgan fingerprint density at radius 1 is 1.19 bits per heavy atom. The summed E-state index contributed by atoms with van der Waals surface area (Å²) >= 11 is 0. The molecule has 0 aliphatic carbocycles. The highest BCUT2D eigenvalue weighted by Gasteiger charge is 2.34. The normalized spacial score (nSPS) is 27.0. The van der Waals surface area contributed by atoms with Crippen molar-refractivity contribution in [3.8, 4) is 0 Å². The third-order valence-corrected chi connectivity index (χ3v) is 4.49. The van der Waals surface area contributed by atoms with Gasteiger partial charge in [-0.15, -0.1) is 0 Å². The second kappa shape index (κ2) is 6.56. The molecule has 5 nitrogen and oxygen atoms in total. The number of ether oxygens (including phenoxy) is 1. The predicted octanol–water partition coefficient (Wildman–Crippen LogP) is 1.23. The third kappa shape index (κ3) is 3.26. The first-order valence-electron chi connectivity index (χ1n) is 7.65. The molecule has 2 fully saturated rings. The summed E-state index contributed by atoms with van der Waals surface area (Å²) in [6, 6.07) is 10.3. The Hall–Kier alpha value is -1.43. The van der Waals surface area contributed by atoms with E-state index in [0.29, 0.717) is 6.10 Å². The number of hydrogen-bond donors (Lipinski definition) is 2. The number of carbonyl (C=O) groups is 1. The number of nitrogens with zero attached hydrogens (tertiary/aromatic N) is 1. The average molecular weight is 289 g/mol. The molecule has 21 heavy (non-hydrogen) atoms. The average Bonchev–Trinajstić information content (AvgIpc) is 3.05. The maximum atomic E-state index is 12.6. The van der Waals surface area contributed by atoms with Crippen molar-refractivity contribution in [3.63, 3.8) is 0 Å². The first-order chi connectivity index (χ1) is 10.3. The van der Waals surface area contributed by atoms with E-state index in [1.807, 2.05) is 23.1 Å². The van der Waals surface area contributed by atoms with Crippen LogP contribution in [-0.4, -0.2) is 43.2 Å². The van der Waals surface area contributed by atoms with Gasteiger partial charge in [-0.2, -0.15) is 0 Å². The van der Waals surface area contributed by atoms with Gasteiger partial charge in [-0.3, -0.25) is 4.79 Å². The Balaban J connectivity index is 1.55. The second-order valence-corrected chi connectivity index (χ2v) is 5.80. The Morgan fingerprint density at radius 2 is 1.90 bits per heavy atom. The fraction of sp³-hybridized carbons (Fsp3) is 0.562. The molecule has 1 amide bonds. The Morgan fingerprint density at radius 3 is 2.57 bits per heavy atom. The van der Waals surface area contributed by atoms with E-state index in [4.69, 9.17) is 4.74 Å². The molecule has 2 heterocycles. The van der Waals surface area contributed by atoms with Crippen LogP contribution in [0.15, 0.2) is 30.3 Å². The van der Waals surface area contributed by atoms with Crippen molar-refractivity contribution in [1.82, 2.24) is 15.8 Å². The van der Waals surface area contributed by atoms with Crippen LogP contribution in [0.1, 0.15) is 30.9 Å². The number of hydrazine groups is 1. The van der Waals surface area contributed by atoms with Crippen LogP contribution in [-0.2, 0) is 9.53 Å². The molecular formula is C16H23N3O2. The number of rotatable bonds is 3. The molecule has 0 spiro atoms. The van der Waals surface area contributed by atoms with E-state index in [9.17, 15) is 4.79 Å². The molecule has 0 aromatic heterocycles. The summed E-state index contributed by atoms with van der Waals surface area (Å²) in [7, 11) is 1.75. The van der Waals surface area contributed by atoms with E-state index < -0.39 is 0 Å². The largest absolute Gasteiger partial charge is 0.381 e. The lowest BCUT2D eigenvalue weighted by Crippen LogP contribution is -2.49. The number of benzene rings is 1. The fourth-order valence-corrected chi connectivity index (χ4v) is 3.15. The van der Waals surface area contributed by atoms with Crippen LogP contribution in [0.3, 0.4) is 0 Å². The molecule has 1 aromatic carbocycles. The number of likely N-dealkylation sites (tertiary alicyclic amines) is 1. The Labute approximate surface area is 125 Å². The van der Waals surface area contributed by atoms with Crippen LogP contribution in [0, 0.1) is 0 Å². The monoisotopic (exact) mass is 289 g/mol. The maximum absolute atomic E-state index is 12.6. The molecule has 1 aromatic rings. The topological polar surface area (TPSA) is 53.6 Å². The zero-order valence-electron chi connectivity index (χ0n) is 12.4. The van der Waals surface area contributed by atoms with Gasteiger partial charge in [-0.1, -0.05) is 30.3 Å². The van der Waals surface area contributed by atoms with Gasteiger partial charge in [0.25, 0.3) is 0 Å². The molecule has 0 radical (unpaired) electrons. The summed E-state index contributed by atoms with van der Waals surface area (Å²) < 4.78 is 5.35. The van der Waals surface area contributed by atoms with Crippen LogP contribution >= 0.6 is 0 Å². The van der Waals surface area contributed by atoms with Crippen molar-refractivity contribution in [3.05, 3.63) is 35.9 Å². The van der Waals surface area contributed by atoms with Gasteiger partial charge < -0.3 is 9.64 Å². The smallest absolute Gasteiger partial charge is 0.241 e. The molecule has 2 atom stereocenters. The summed E-state index contributed by atoms with van der Waals surface area (Å²) in [5.74, 6) is 0.204. The van der Waals surface area contributed by atoms with Crippen LogP contribution < -0.4 is 10.9 Å². The molecule has 114 valence electrons. The van der Waals surface area contributed by atoms with E-state index in [1.54, 1.807) is 7.11 Å². The molecule has 5 heteroatoms. The minimum absolute atomic E-state index is 0.130. The van der Waals surface area contributed by atoms with E-state index >= 15 is 0 Å². The number of hydrogen-bond acceptors (Lipinski definition) is 4. The zero-order chi connectivity index (χ0) is 14.7. The first-order valence-corrected chi connectivity index (χ1v) is 7.65. The molecule has 0 saturated carbocycles. The van der Waals surface area contributed by atoms with Crippen LogP contribution in [0.4, 0.5) is 0 Å². The number of piperidine rings is 1. The number of nitrogens with one attached hydrogen (secondary N) is 2. The van der Waals surface area contributed by atoms with Crippen molar-refractivity contribution < 1.29 is 9.53 Å². The number of methoxy groups -OCH3 is 1. The van der Waals surface area contributed by atoms with Crippen molar-refractivity contribution in [1.29, 1.82) is 0 Å². The Bertz CT molecular complexity index is 472. The number of carbonyl (C=O) groups excluding carboxylic acids is 1. The lowest BCUT2D eigenvalue weighted by molar-refractivity contribution is -0.135. The van der Waals surface area contributed by atoms with E-state index in [2.05, 4.69) is 23.0 Å². The second-order valence-electron chi connectivity index (χ2n) is 5.80. The van der Waals surface area contributed by atoms with Gasteiger partial charge in [-0.25, -0.2) is 10.9 Å². The van der Waals surface area contributed by atoms with Gasteiger partial charge in [-0.05, 0) is 24.8 Å². The third-order valence-electron chi connectivity index (χ3n) is 4.49. The van der Waals surface area contributed by atoms with Gasteiger partial charge in [0.1, 0.15) is 6.04 Å². The van der Waals surface area contributed by atoms with Crippen LogP contribution in [0.5, 0.6) is 0 Å². The van der Waals surface area contributed by atoms with E-state index in [-0.39, 0.29) is 18.0 Å². The van der Waals surface area contributed by atoms with Gasteiger partial charge >= 0.3 is 0 Å². The minimum atomic E-state index is -0.130. The maximum Gasteiger partial charge on any atom is 0.241 e. The lowest BCUT2D eigenvalue weighted by Gasteiger charge is -2.32. The van der Waals surface area contributed by atoms with Gasteiger partial charge in [0.2, 0.25) is 5.91 Å². The molecule has 2 aliphatic heterocycles. The van der Waals surface area contributed by atoms with Crippen molar-refractivity contribution in [2.24, 2.45) is 0 Å². The molecule has 2 N–H and O–H groups in total. The summed E-state index contributed by atoms with van der Waals surface area (Å²) in [4.78, 5) is 14.5. The van der Waals surface area contributed by atoms with Crippen LogP contribution in [0.2, 0.25) is 0 Å². The standard InChI is InChI=1S/C16H23N3O2/c1-21-13-7-9-19(10-8-13)16(20)15-11-14(17-18-15)12-5-3-2-4-6-12/h2-6,13-15,17-18H,7-11H2,1H3. The highest BCUT2D eigenvalue weighted by atomic mass is 16.5. The SMILES string of the molecule is COC1CCN(C(=O)C2CC(c3ccccc3)NN2)CC1. The van der Waals surface area contributed by atoms with Gasteiger partial charge in [0.05, 0.1) is 6.10 Å². The fourth-order valence-electron chi connectivity index (χ4n) is 3.15. The van der Waals surface area contributed by atoms with Crippen molar-refractivity contribution in [2.45, 2.75) is 37.5 Å². The van der Waals surface area contributed by atoms with Crippen LogP contribution in [0.25, 0.3) is 0 Å². The lowest BCUT2D eigenvalue weighted by atomic mass is 10.0. The molecule has 2 unspecified atom stereocenters. The Kier molecular flexibility index (Phi) is 4.53. The van der Waals surface area contributed by atoms with Gasteiger partial charge in [0, 0.05) is 26.2 Å². The van der Waals surface area contributed by atoms with Crippen molar-refractivity contribution in [2.75, 3.05) is 20.2 Å². The molecule has 3 rings (SSSR count). The van der Waals surface area contributed by atoms with Crippen molar-refractivity contribution >= 4 is 5.91 Å². The molecule has 2 aliphatic rings. The summed E-state index contributed by atoms with van der Waals surface area (Å²) in [6.07, 6.45) is 2.97. The number of amides is 1. The summed E-state index contributed by atoms with van der Waals surface area (Å²) in [6.45, 7) is 1.59. The van der Waals surface area contributed by atoms with E-state index in [1.165, 1.54) is 5.56 Å². The predicted molar refractivity (Wildman–Crippen MR) is 80.5 cm³/mol. The van der Waals surface area contributed by atoms with Gasteiger partial charge in [0.15, 0.2) is 0 Å². The zero-order valence-corrected chi connectivity index (χ0v) is 12.4. The quantitative estimate of drug-likeness (QED) is 0.879. The highest BCUT2D eigenvalue weighted by molar-refractivity contribution is 5.82. The minimum Gasteiger partial charge on any atom is -0.381 e. The molecule has 2 saturated heterocycles. The first kappa shape index (κ1) is 14.5. The molecule has 0 bridgehead atoms.